The number of rotatable bonds is 3. The maximum Gasteiger partial charge on any atom is 0.187 e. The number of hydrogen-bond donors (Lipinski definition) is 0. The molecule has 0 saturated carbocycles. The second kappa shape index (κ2) is 3.78. The van der Waals surface area contributed by atoms with Gasteiger partial charge in [0.1, 0.15) is 24.4 Å². The average Bonchev–Trinajstić information content (AvgIpc) is 3.20. The number of benzene rings is 1. The molecule has 0 aliphatic carbocycles. The fraction of sp³-hybridized carbons (Fsp3) is 0.538. The van der Waals surface area contributed by atoms with Gasteiger partial charge in [-0.05, 0) is 5.56 Å². The van der Waals surface area contributed by atoms with Gasteiger partial charge in [0.2, 0.25) is 0 Å². The standard InChI is InChI=1S/C13H14O4/c1-2-4-8(5-3-1)6-15-13-12-11-10(17-11)9(16-13)7-14-12/h1-5,9-13H,6-7H2/t9-,10-,11+,12-,13+/m0/s1. The molecule has 0 unspecified atom stereocenters. The van der Waals surface area contributed by atoms with E-state index in [1.807, 2.05) is 30.3 Å². The molecule has 4 aliphatic rings. The molecule has 17 heavy (non-hydrogen) atoms. The van der Waals surface area contributed by atoms with Crippen LogP contribution in [0.25, 0.3) is 0 Å². The van der Waals surface area contributed by atoms with Gasteiger partial charge in [-0.25, -0.2) is 0 Å². The quantitative estimate of drug-likeness (QED) is 0.734. The summed E-state index contributed by atoms with van der Waals surface area (Å²) in [4.78, 5) is 0. The Labute approximate surface area is 99.4 Å². The molecule has 0 amide bonds. The second-order valence-corrected chi connectivity index (χ2v) is 4.70. The maximum absolute atomic E-state index is 5.79. The summed E-state index contributed by atoms with van der Waals surface area (Å²) in [6, 6.07) is 10.1. The summed E-state index contributed by atoms with van der Waals surface area (Å²) in [6.45, 7) is 1.19. The molecule has 0 radical (unpaired) electrons. The minimum Gasteiger partial charge on any atom is -0.367 e. The van der Waals surface area contributed by atoms with Gasteiger partial charge in [-0.2, -0.15) is 0 Å². The third-order valence-electron chi connectivity index (χ3n) is 3.54. The van der Waals surface area contributed by atoms with Gasteiger partial charge in [0.15, 0.2) is 6.29 Å². The van der Waals surface area contributed by atoms with Crippen LogP contribution in [0.15, 0.2) is 30.3 Å². The zero-order valence-corrected chi connectivity index (χ0v) is 9.32. The van der Waals surface area contributed by atoms with Gasteiger partial charge in [-0.3, -0.25) is 0 Å². The molecule has 4 saturated heterocycles. The molecule has 5 rings (SSSR count). The Kier molecular flexibility index (Phi) is 2.23. The van der Waals surface area contributed by atoms with Crippen LogP contribution in [0.2, 0.25) is 0 Å². The molecule has 1 aromatic carbocycles. The largest absolute Gasteiger partial charge is 0.367 e. The zero-order valence-electron chi connectivity index (χ0n) is 9.32. The van der Waals surface area contributed by atoms with Gasteiger partial charge in [-0.1, -0.05) is 30.3 Å². The highest BCUT2D eigenvalue weighted by atomic mass is 16.8. The van der Waals surface area contributed by atoms with Crippen LogP contribution in [-0.2, 0) is 25.6 Å². The molecule has 4 aliphatic heterocycles. The van der Waals surface area contributed by atoms with Crippen molar-refractivity contribution in [3.63, 3.8) is 0 Å². The first kappa shape index (κ1) is 10.0. The molecule has 90 valence electrons. The Bertz CT molecular complexity index is 407. The number of ether oxygens (including phenoxy) is 4. The van der Waals surface area contributed by atoms with Crippen LogP contribution in [-0.4, -0.2) is 37.3 Å². The van der Waals surface area contributed by atoms with Crippen LogP contribution in [0.3, 0.4) is 0 Å². The van der Waals surface area contributed by atoms with Crippen molar-refractivity contribution < 1.29 is 18.9 Å². The van der Waals surface area contributed by atoms with Crippen molar-refractivity contribution in [3.05, 3.63) is 35.9 Å². The molecule has 1 aromatic rings. The van der Waals surface area contributed by atoms with E-state index in [0.29, 0.717) is 13.2 Å². The summed E-state index contributed by atoms with van der Waals surface area (Å²) in [5.74, 6) is 0. The molecular formula is C13H14O4. The van der Waals surface area contributed by atoms with E-state index in [9.17, 15) is 0 Å². The second-order valence-electron chi connectivity index (χ2n) is 4.70. The Morgan fingerprint density at radius 3 is 2.76 bits per heavy atom. The summed E-state index contributed by atoms with van der Waals surface area (Å²) in [7, 11) is 0. The SMILES string of the molecule is c1ccc(CO[C@@H]2O[C@H]3CO[C@H]2[C@@H]2O[C@H]23)cc1. The van der Waals surface area contributed by atoms with E-state index < -0.39 is 0 Å². The molecule has 4 nitrogen and oxygen atoms in total. The molecule has 0 N–H and O–H groups in total. The van der Waals surface area contributed by atoms with E-state index in [-0.39, 0.29) is 30.7 Å². The summed E-state index contributed by atoms with van der Waals surface area (Å²) in [5, 5.41) is 0. The van der Waals surface area contributed by atoms with Crippen molar-refractivity contribution >= 4 is 0 Å². The predicted molar refractivity (Wildman–Crippen MR) is 58.3 cm³/mol. The summed E-state index contributed by atoms with van der Waals surface area (Å²) in [6.07, 6.45) is 0.186. The Morgan fingerprint density at radius 1 is 1.06 bits per heavy atom. The van der Waals surface area contributed by atoms with E-state index in [1.54, 1.807) is 0 Å². The normalized spacial score (nSPS) is 42.2. The Hall–Kier alpha value is -0.940. The smallest absolute Gasteiger partial charge is 0.187 e. The van der Waals surface area contributed by atoms with Crippen molar-refractivity contribution in [1.29, 1.82) is 0 Å². The van der Waals surface area contributed by atoms with Crippen molar-refractivity contribution in [2.45, 2.75) is 37.3 Å². The van der Waals surface area contributed by atoms with Gasteiger partial charge in [0.05, 0.1) is 13.2 Å². The first-order valence-corrected chi connectivity index (χ1v) is 6.00. The van der Waals surface area contributed by atoms with Crippen LogP contribution < -0.4 is 0 Å². The lowest BCUT2D eigenvalue weighted by Gasteiger charge is -2.38. The topological polar surface area (TPSA) is 40.2 Å². The molecule has 2 bridgehead atoms. The lowest BCUT2D eigenvalue weighted by Crippen LogP contribution is -2.55. The average molecular weight is 234 g/mol. The monoisotopic (exact) mass is 234 g/mol. The summed E-state index contributed by atoms with van der Waals surface area (Å²) >= 11 is 0. The van der Waals surface area contributed by atoms with E-state index in [2.05, 4.69) is 0 Å². The van der Waals surface area contributed by atoms with Crippen LogP contribution in [0, 0.1) is 0 Å². The summed E-state index contributed by atoms with van der Waals surface area (Å²) in [5.41, 5.74) is 1.14. The van der Waals surface area contributed by atoms with Crippen molar-refractivity contribution in [2.24, 2.45) is 0 Å². The van der Waals surface area contributed by atoms with Crippen molar-refractivity contribution in [3.8, 4) is 0 Å². The van der Waals surface area contributed by atoms with Gasteiger partial charge in [0, 0.05) is 0 Å². The fourth-order valence-electron chi connectivity index (χ4n) is 2.58. The molecule has 4 heteroatoms. The van der Waals surface area contributed by atoms with Crippen LogP contribution in [0.1, 0.15) is 5.56 Å². The number of epoxide rings is 1. The van der Waals surface area contributed by atoms with E-state index in [0.717, 1.165) is 5.56 Å². The molecule has 4 heterocycles. The first-order valence-electron chi connectivity index (χ1n) is 6.00. The highest BCUT2D eigenvalue weighted by Gasteiger charge is 2.62. The van der Waals surface area contributed by atoms with Crippen molar-refractivity contribution in [2.75, 3.05) is 6.61 Å². The molecule has 4 fully saturated rings. The minimum atomic E-state index is -0.280. The predicted octanol–water partition coefficient (Wildman–Crippen LogP) is 1.09. The maximum atomic E-state index is 5.79. The van der Waals surface area contributed by atoms with Gasteiger partial charge >= 0.3 is 0 Å². The summed E-state index contributed by atoms with van der Waals surface area (Å²) < 4.78 is 22.7. The van der Waals surface area contributed by atoms with Crippen LogP contribution in [0.5, 0.6) is 0 Å². The molecule has 0 aromatic heterocycles. The molecular weight excluding hydrogens is 220 g/mol. The van der Waals surface area contributed by atoms with Gasteiger partial charge in [0.25, 0.3) is 0 Å². The zero-order chi connectivity index (χ0) is 11.2. The fourth-order valence-corrected chi connectivity index (χ4v) is 2.58. The highest BCUT2D eigenvalue weighted by Crippen LogP contribution is 2.43. The Balaban J connectivity index is 1.41. The molecule has 5 atom stereocenters. The lowest BCUT2D eigenvalue weighted by atomic mass is 10.0. The highest BCUT2D eigenvalue weighted by molar-refractivity contribution is 5.13. The van der Waals surface area contributed by atoms with Crippen molar-refractivity contribution in [1.82, 2.24) is 0 Å². The third kappa shape index (κ3) is 1.68. The Morgan fingerprint density at radius 2 is 1.94 bits per heavy atom. The minimum absolute atomic E-state index is 0.0475. The van der Waals surface area contributed by atoms with Gasteiger partial charge in [-0.15, -0.1) is 0 Å². The van der Waals surface area contributed by atoms with Gasteiger partial charge < -0.3 is 18.9 Å². The molecule has 0 spiro atoms. The van der Waals surface area contributed by atoms with E-state index in [1.165, 1.54) is 0 Å². The van der Waals surface area contributed by atoms with E-state index in [4.69, 9.17) is 18.9 Å². The van der Waals surface area contributed by atoms with Crippen LogP contribution >= 0.6 is 0 Å². The van der Waals surface area contributed by atoms with Crippen LogP contribution in [0.4, 0.5) is 0 Å². The lowest BCUT2D eigenvalue weighted by molar-refractivity contribution is -0.294. The number of hydrogen-bond acceptors (Lipinski definition) is 4. The first-order chi connectivity index (χ1) is 8.42. The number of fused-ring (bicyclic) bond motifs is 2. The third-order valence-corrected chi connectivity index (χ3v) is 3.54. The van der Waals surface area contributed by atoms with E-state index >= 15 is 0 Å².